The van der Waals surface area contributed by atoms with Crippen molar-refractivity contribution < 1.29 is 74.1 Å². The van der Waals surface area contributed by atoms with Crippen LogP contribution in [-0.2, 0) is 19.8 Å². The van der Waals surface area contributed by atoms with Gasteiger partial charge in [0.05, 0.1) is 28.8 Å². The second kappa shape index (κ2) is 12.8. The molecule has 7 rings (SSSR count). The third-order valence-electron chi connectivity index (χ3n) is 9.00. The maximum absolute atomic E-state index is 13.3. The van der Waals surface area contributed by atoms with Gasteiger partial charge in [0.15, 0.2) is 5.60 Å². The van der Waals surface area contributed by atoms with Crippen molar-refractivity contribution >= 4 is 29.2 Å². The van der Waals surface area contributed by atoms with Crippen LogP contribution >= 0.6 is 23.2 Å². The van der Waals surface area contributed by atoms with Gasteiger partial charge in [0.25, 0.3) is 0 Å². The van der Waals surface area contributed by atoms with E-state index in [9.17, 15) is 45.6 Å². The smallest absolute Gasteiger partial charge is 0.340 e. The lowest BCUT2D eigenvalue weighted by Crippen LogP contribution is -2.60. The zero-order valence-electron chi connectivity index (χ0n) is 25.0. The lowest BCUT2D eigenvalue weighted by Gasteiger charge is -2.40. The van der Waals surface area contributed by atoms with Crippen molar-refractivity contribution in [2.75, 3.05) is 13.2 Å². The first-order valence-electron chi connectivity index (χ1n) is 15.0. The van der Waals surface area contributed by atoms with Crippen LogP contribution < -0.4 is 14.2 Å². The van der Waals surface area contributed by atoms with Crippen molar-refractivity contribution in [3.63, 3.8) is 0 Å². The zero-order chi connectivity index (χ0) is 34.9. The molecule has 3 aromatic rings. The number of esters is 1. The summed E-state index contributed by atoms with van der Waals surface area (Å²) in [5.41, 5.74) is -0.501. The van der Waals surface area contributed by atoms with Gasteiger partial charge in [-0.1, -0.05) is 41.4 Å². The molecule has 4 aliphatic heterocycles. The van der Waals surface area contributed by atoms with Gasteiger partial charge in [-0.2, -0.15) is 0 Å². The van der Waals surface area contributed by atoms with Gasteiger partial charge in [0, 0.05) is 28.8 Å². The van der Waals surface area contributed by atoms with E-state index in [1.54, 1.807) is 24.3 Å². The van der Waals surface area contributed by atoms with E-state index in [-0.39, 0.29) is 49.7 Å². The van der Waals surface area contributed by atoms with Crippen molar-refractivity contribution in [1.29, 1.82) is 0 Å². The van der Waals surface area contributed by atoms with Gasteiger partial charge in [-0.3, -0.25) is 0 Å². The van der Waals surface area contributed by atoms with E-state index in [4.69, 9.17) is 51.6 Å². The summed E-state index contributed by atoms with van der Waals surface area (Å²) >= 11 is 13.4. The van der Waals surface area contributed by atoms with Gasteiger partial charge in [-0.05, 0) is 18.2 Å². The lowest BCUT2D eigenvalue weighted by molar-refractivity contribution is -0.277. The summed E-state index contributed by atoms with van der Waals surface area (Å²) in [5.74, 6) is -0.811. The first-order chi connectivity index (χ1) is 23.4. The van der Waals surface area contributed by atoms with Crippen LogP contribution in [-0.4, -0.2) is 121 Å². The molecule has 0 bridgehead atoms. The predicted octanol–water partition coefficient (Wildman–Crippen LogP) is -0.0812. The summed E-state index contributed by atoms with van der Waals surface area (Å²) in [5, 5.41) is 81.0. The largest absolute Gasteiger partial charge is 0.460 e. The number of aliphatic hydroxyl groups excluding tert-OH is 8. The molecule has 4 heterocycles. The third-order valence-corrected chi connectivity index (χ3v) is 9.59. The molecule has 1 spiro atoms. The number of rotatable bonds is 6. The number of carbonyl (C=O) groups is 1. The first-order valence-corrected chi connectivity index (χ1v) is 15.8. The molecule has 17 heteroatoms. The quantitative estimate of drug-likeness (QED) is 0.155. The summed E-state index contributed by atoms with van der Waals surface area (Å²) in [6.45, 7) is -1.38. The molecule has 0 saturated carbocycles. The molecule has 49 heavy (non-hydrogen) atoms. The molecule has 4 aliphatic rings. The summed E-state index contributed by atoms with van der Waals surface area (Å²) in [7, 11) is 0. The molecular formula is C32H30Cl2O15. The molecule has 0 aliphatic carbocycles. The van der Waals surface area contributed by atoms with Gasteiger partial charge < -0.3 is 69.3 Å². The Hall–Kier alpha value is -3.29. The van der Waals surface area contributed by atoms with Crippen molar-refractivity contribution in [1.82, 2.24) is 0 Å². The maximum atomic E-state index is 13.3. The summed E-state index contributed by atoms with van der Waals surface area (Å²) < 4.78 is 34.9. The van der Waals surface area contributed by atoms with Crippen LogP contribution in [0.2, 0.25) is 10.0 Å². The maximum Gasteiger partial charge on any atom is 0.340 e. The molecule has 8 N–H and O–H groups in total. The second-order valence-electron chi connectivity index (χ2n) is 11.9. The molecule has 0 unspecified atom stereocenters. The highest BCUT2D eigenvalue weighted by molar-refractivity contribution is 6.32. The minimum absolute atomic E-state index is 0.0436. The Bertz CT molecular complexity index is 1670. The SMILES string of the molecule is O=C1OC2(c3cc(Cl)c(O[C@@H]4O[C@H](CO)[C@H](O)[C@H](O)[C@H]4O)cc3Oc3cc(O[C@@H]4O[C@H](CO)[C@H](O)[C@H](O)[C@H]4O)c(Cl)cc32)c2ccccc21. The van der Waals surface area contributed by atoms with Gasteiger partial charge in [0.1, 0.15) is 71.8 Å². The van der Waals surface area contributed by atoms with Crippen LogP contribution in [0.3, 0.4) is 0 Å². The number of ether oxygens (including phenoxy) is 6. The van der Waals surface area contributed by atoms with Crippen molar-refractivity contribution in [3.8, 4) is 23.0 Å². The summed E-state index contributed by atoms with van der Waals surface area (Å²) in [6.07, 6.45) is -15.9. The topological polar surface area (TPSA) is 234 Å². The van der Waals surface area contributed by atoms with Crippen LogP contribution in [0.5, 0.6) is 23.0 Å². The lowest BCUT2D eigenvalue weighted by atomic mass is 9.77. The average molecular weight is 725 g/mol. The molecule has 262 valence electrons. The molecule has 15 nitrogen and oxygen atoms in total. The van der Waals surface area contributed by atoms with E-state index in [0.717, 1.165) is 0 Å². The zero-order valence-corrected chi connectivity index (χ0v) is 26.5. The van der Waals surface area contributed by atoms with Crippen molar-refractivity contribution in [2.24, 2.45) is 0 Å². The third kappa shape index (κ3) is 5.42. The molecule has 3 aromatic carbocycles. The highest BCUT2D eigenvalue weighted by Gasteiger charge is 2.55. The number of fused-ring (bicyclic) bond motifs is 6. The monoisotopic (exact) mass is 724 g/mol. The molecule has 10 atom stereocenters. The Labute approximate surface area is 286 Å². The number of hydrogen-bond acceptors (Lipinski definition) is 15. The highest BCUT2D eigenvalue weighted by atomic mass is 35.5. The minimum atomic E-state index is -1.75. The van der Waals surface area contributed by atoms with Gasteiger partial charge in [-0.25, -0.2) is 4.79 Å². The predicted molar refractivity (Wildman–Crippen MR) is 164 cm³/mol. The highest BCUT2D eigenvalue weighted by Crippen LogP contribution is 2.59. The van der Waals surface area contributed by atoms with Gasteiger partial charge in [0.2, 0.25) is 12.6 Å². The number of halogens is 2. The molecule has 2 fully saturated rings. The van der Waals surface area contributed by atoms with Crippen LogP contribution in [0.4, 0.5) is 0 Å². The van der Waals surface area contributed by atoms with Crippen LogP contribution in [0.15, 0.2) is 48.5 Å². The minimum Gasteiger partial charge on any atom is -0.460 e. The average Bonchev–Trinajstić information content (AvgIpc) is 3.39. The Morgan fingerprint density at radius 3 is 1.59 bits per heavy atom. The Morgan fingerprint density at radius 2 is 1.12 bits per heavy atom. The Balaban J connectivity index is 1.31. The Morgan fingerprint density at radius 1 is 0.653 bits per heavy atom. The molecule has 0 amide bonds. The fourth-order valence-corrected chi connectivity index (χ4v) is 6.85. The summed E-state index contributed by atoms with van der Waals surface area (Å²) in [6, 6.07) is 12.1. The van der Waals surface area contributed by atoms with E-state index in [2.05, 4.69) is 0 Å². The molecular weight excluding hydrogens is 695 g/mol. The molecule has 0 aromatic heterocycles. The number of benzene rings is 3. The van der Waals surface area contributed by atoms with Crippen molar-refractivity contribution in [2.45, 2.75) is 67.0 Å². The van der Waals surface area contributed by atoms with E-state index >= 15 is 0 Å². The molecule has 0 radical (unpaired) electrons. The van der Waals surface area contributed by atoms with E-state index in [1.807, 2.05) is 0 Å². The fraction of sp³-hybridized carbons (Fsp3) is 0.406. The van der Waals surface area contributed by atoms with E-state index in [1.165, 1.54) is 24.3 Å². The van der Waals surface area contributed by atoms with Gasteiger partial charge >= 0.3 is 5.97 Å². The number of carbonyl (C=O) groups excluding carboxylic acids is 1. The van der Waals surface area contributed by atoms with Gasteiger partial charge in [-0.15, -0.1) is 0 Å². The number of aliphatic hydroxyl groups is 8. The standard InChI is InChI=1S/C32H30Cl2O15/c33-15-5-13-17(7-19(15)45-30-27(41)25(39)23(37)21(9-35)47-30)44-18-8-20(46-31-28(42)26(40)24(38)22(10-36)48-31)16(34)6-14(18)32(13)12-4-2-1-3-11(12)29(43)49-32/h1-8,21-28,30-31,35-42H,9-10H2/t21-,22-,23+,24+,25+,26+,27-,28-,30-,31-/m1/s1. The fourth-order valence-electron chi connectivity index (χ4n) is 6.43. The van der Waals surface area contributed by atoms with E-state index in [0.29, 0.717) is 5.56 Å². The van der Waals surface area contributed by atoms with Crippen LogP contribution in [0, 0.1) is 0 Å². The van der Waals surface area contributed by atoms with Crippen molar-refractivity contribution in [3.05, 3.63) is 80.8 Å². The summed E-state index contributed by atoms with van der Waals surface area (Å²) in [4.78, 5) is 13.3. The van der Waals surface area contributed by atoms with E-state index < -0.39 is 86.2 Å². The normalized spacial score (nSPS) is 32.8. The second-order valence-corrected chi connectivity index (χ2v) is 12.7. The van der Waals surface area contributed by atoms with Crippen LogP contribution in [0.1, 0.15) is 27.0 Å². The van der Waals surface area contributed by atoms with Crippen LogP contribution in [0.25, 0.3) is 0 Å². The number of hydrogen-bond donors (Lipinski definition) is 8. The molecule has 2 saturated heterocycles. The Kier molecular flexibility index (Phi) is 8.92. The first kappa shape index (κ1) is 34.2.